The van der Waals surface area contributed by atoms with Crippen molar-refractivity contribution >= 4 is 0 Å². The lowest BCUT2D eigenvalue weighted by Gasteiger charge is -2.17. The van der Waals surface area contributed by atoms with E-state index < -0.39 is 0 Å². The van der Waals surface area contributed by atoms with Gasteiger partial charge in [0.15, 0.2) is 0 Å². The minimum atomic E-state index is 0.525. The van der Waals surface area contributed by atoms with Crippen LogP contribution in [0, 0.1) is 17.8 Å². The molecule has 0 bridgehead atoms. The fraction of sp³-hybridized carbons (Fsp3) is 0.333. The Bertz CT molecular complexity index is 291. The molecular weight excluding hydrogens is 144 g/mol. The predicted molar refractivity (Wildman–Crippen MR) is 52.7 cm³/mol. The summed E-state index contributed by atoms with van der Waals surface area (Å²) in [7, 11) is 0. The highest BCUT2D eigenvalue weighted by atomic mass is 14.4. The maximum Gasteiger partial charge on any atom is 0.00865 e. The van der Waals surface area contributed by atoms with Gasteiger partial charge in [-0.15, -0.1) is 0 Å². The van der Waals surface area contributed by atoms with Crippen molar-refractivity contribution in [1.82, 2.24) is 0 Å². The molecule has 62 valence electrons. The van der Waals surface area contributed by atoms with Crippen LogP contribution >= 0.6 is 0 Å². The topological polar surface area (TPSA) is 0 Å². The summed E-state index contributed by atoms with van der Waals surface area (Å²) in [5, 5.41) is 0. The third-order valence-electron chi connectivity index (χ3n) is 3.12. The number of fused-ring (bicyclic) bond motifs is 1. The van der Waals surface area contributed by atoms with Crippen LogP contribution in [0.25, 0.3) is 0 Å². The van der Waals surface area contributed by atoms with Gasteiger partial charge in [-0.25, -0.2) is 0 Å². The van der Waals surface area contributed by atoms with Gasteiger partial charge in [-0.3, -0.25) is 0 Å². The second kappa shape index (κ2) is 2.48. The monoisotopic (exact) mass is 158 g/mol. The van der Waals surface area contributed by atoms with Gasteiger partial charge in [0, 0.05) is 5.92 Å². The van der Waals surface area contributed by atoms with Gasteiger partial charge < -0.3 is 0 Å². The molecule has 0 nitrogen and oxygen atoms in total. The summed E-state index contributed by atoms with van der Waals surface area (Å²) >= 11 is 0. The highest BCUT2D eigenvalue weighted by Crippen LogP contribution is 2.46. The van der Waals surface area contributed by atoms with E-state index in [1.54, 1.807) is 0 Å². The zero-order valence-corrected chi connectivity index (χ0v) is 7.46. The third kappa shape index (κ3) is 0.842. The molecule has 3 atom stereocenters. The van der Waals surface area contributed by atoms with Gasteiger partial charge in [-0.05, 0) is 23.0 Å². The number of allylic oxidation sites excluding steroid dienone is 6. The van der Waals surface area contributed by atoms with Crippen molar-refractivity contribution in [2.45, 2.75) is 6.92 Å². The van der Waals surface area contributed by atoms with Crippen molar-refractivity contribution in [3.05, 3.63) is 48.6 Å². The summed E-state index contributed by atoms with van der Waals surface area (Å²) < 4.78 is 0. The minimum absolute atomic E-state index is 0.525. The first kappa shape index (κ1) is 7.60. The Morgan fingerprint density at radius 2 is 1.75 bits per heavy atom. The Labute approximate surface area is 74.0 Å². The van der Waals surface area contributed by atoms with Crippen LogP contribution in [-0.2, 0) is 0 Å². The Kier molecular flexibility index (Phi) is 1.57. The molecule has 0 radical (unpaired) electrons. The normalized spacial score (nSPS) is 38.9. The minimum Gasteiger partial charge on any atom is -0.0953 e. The van der Waals surface area contributed by atoms with Gasteiger partial charge >= 0.3 is 0 Å². The van der Waals surface area contributed by atoms with E-state index in [2.05, 4.69) is 44.4 Å². The molecule has 0 amide bonds. The van der Waals surface area contributed by atoms with E-state index in [4.69, 9.17) is 0 Å². The zero-order chi connectivity index (χ0) is 8.72. The SMILES string of the molecule is C=C1C(=C)C2C=CC=CC2C1C. The van der Waals surface area contributed by atoms with E-state index >= 15 is 0 Å². The highest BCUT2D eigenvalue weighted by molar-refractivity contribution is 5.43. The van der Waals surface area contributed by atoms with Crippen molar-refractivity contribution < 1.29 is 0 Å². The van der Waals surface area contributed by atoms with Crippen molar-refractivity contribution in [1.29, 1.82) is 0 Å². The largest absolute Gasteiger partial charge is 0.0953 e. The average molecular weight is 158 g/mol. The van der Waals surface area contributed by atoms with Crippen molar-refractivity contribution in [3.63, 3.8) is 0 Å². The molecule has 0 N–H and O–H groups in total. The van der Waals surface area contributed by atoms with Gasteiger partial charge in [-0.1, -0.05) is 44.4 Å². The van der Waals surface area contributed by atoms with E-state index in [-0.39, 0.29) is 0 Å². The summed E-state index contributed by atoms with van der Waals surface area (Å²) in [6, 6.07) is 0. The van der Waals surface area contributed by atoms with Gasteiger partial charge in [0.1, 0.15) is 0 Å². The molecule has 1 fully saturated rings. The molecule has 0 aromatic rings. The Balaban J connectivity index is 2.40. The molecule has 2 rings (SSSR count). The van der Waals surface area contributed by atoms with Crippen LogP contribution in [0.5, 0.6) is 0 Å². The molecule has 0 heterocycles. The molecule has 0 spiro atoms. The lowest BCUT2D eigenvalue weighted by Crippen LogP contribution is -2.10. The molecule has 2 aliphatic carbocycles. The van der Waals surface area contributed by atoms with Crippen LogP contribution in [0.2, 0.25) is 0 Å². The van der Waals surface area contributed by atoms with Gasteiger partial charge in [-0.2, -0.15) is 0 Å². The quantitative estimate of drug-likeness (QED) is 0.508. The van der Waals surface area contributed by atoms with Crippen molar-refractivity contribution in [2.75, 3.05) is 0 Å². The molecule has 2 aliphatic rings. The summed E-state index contributed by atoms with van der Waals surface area (Å²) in [4.78, 5) is 0. The maximum absolute atomic E-state index is 4.09. The van der Waals surface area contributed by atoms with Gasteiger partial charge in [0.2, 0.25) is 0 Å². The standard InChI is InChI=1S/C12H14/c1-8-9(2)11-6-4-5-7-12(11)10(8)3/h4-7,10-12H,1-2H2,3H3. The Hall–Kier alpha value is -1.04. The summed E-state index contributed by atoms with van der Waals surface area (Å²) in [6.45, 7) is 10.4. The van der Waals surface area contributed by atoms with E-state index in [9.17, 15) is 0 Å². The zero-order valence-electron chi connectivity index (χ0n) is 7.46. The van der Waals surface area contributed by atoms with Crippen LogP contribution in [0.15, 0.2) is 48.6 Å². The Morgan fingerprint density at radius 1 is 1.08 bits per heavy atom. The highest BCUT2D eigenvalue weighted by Gasteiger charge is 2.36. The molecule has 0 aromatic heterocycles. The molecule has 1 saturated carbocycles. The molecule has 0 aromatic carbocycles. The molecule has 3 unspecified atom stereocenters. The van der Waals surface area contributed by atoms with Crippen LogP contribution in [0.4, 0.5) is 0 Å². The first-order valence-electron chi connectivity index (χ1n) is 4.45. The molecule has 0 aliphatic heterocycles. The molecule has 0 heteroatoms. The maximum atomic E-state index is 4.09. The first-order valence-corrected chi connectivity index (χ1v) is 4.45. The molecule has 12 heavy (non-hydrogen) atoms. The summed E-state index contributed by atoms with van der Waals surface area (Å²) in [5.41, 5.74) is 2.47. The molecular formula is C12H14. The molecule has 0 saturated heterocycles. The van der Waals surface area contributed by atoms with Crippen LogP contribution in [-0.4, -0.2) is 0 Å². The fourth-order valence-corrected chi connectivity index (χ4v) is 2.19. The van der Waals surface area contributed by atoms with Crippen LogP contribution in [0.3, 0.4) is 0 Å². The van der Waals surface area contributed by atoms with Crippen LogP contribution < -0.4 is 0 Å². The van der Waals surface area contributed by atoms with E-state index in [0.717, 1.165) is 0 Å². The van der Waals surface area contributed by atoms with Crippen LogP contribution in [0.1, 0.15) is 6.92 Å². The lowest BCUT2D eigenvalue weighted by atomic mass is 9.86. The second-order valence-corrected chi connectivity index (χ2v) is 3.71. The second-order valence-electron chi connectivity index (χ2n) is 3.71. The smallest absolute Gasteiger partial charge is 0.00865 e. The van der Waals surface area contributed by atoms with E-state index in [0.29, 0.717) is 17.8 Å². The van der Waals surface area contributed by atoms with Gasteiger partial charge in [0.25, 0.3) is 0 Å². The fourth-order valence-electron chi connectivity index (χ4n) is 2.19. The Morgan fingerprint density at radius 3 is 2.42 bits per heavy atom. The van der Waals surface area contributed by atoms with Crippen molar-refractivity contribution in [2.24, 2.45) is 17.8 Å². The third-order valence-corrected chi connectivity index (χ3v) is 3.12. The van der Waals surface area contributed by atoms with E-state index in [1.165, 1.54) is 11.1 Å². The summed E-state index contributed by atoms with van der Waals surface area (Å²) in [6.07, 6.45) is 8.75. The summed E-state index contributed by atoms with van der Waals surface area (Å²) in [5.74, 6) is 1.72. The lowest BCUT2D eigenvalue weighted by molar-refractivity contribution is 0.485. The van der Waals surface area contributed by atoms with Gasteiger partial charge in [0.05, 0.1) is 0 Å². The average Bonchev–Trinajstić information content (AvgIpc) is 2.33. The first-order chi connectivity index (χ1) is 5.72. The van der Waals surface area contributed by atoms with E-state index in [1.807, 2.05) is 0 Å². The number of hydrogen-bond acceptors (Lipinski definition) is 0. The van der Waals surface area contributed by atoms with Crippen molar-refractivity contribution in [3.8, 4) is 0 Å². The predicted octanol–water partition coefficient (Wildman–Crippen LogP) is 3.11. The number of hydrogen-bond donors (Lipinski definition) is 0. The number of rotatable bonds is 0.